The molecule has 1 aliphatic heterocycles. The molecule has 0 bridgehead atoms. The SMILES string of the molecule is Cc1ccc(S(=O)(=O)CC(=O)Nc2ccccc2C(=O)N2CCOCC2)cc1. The van der Waals surface area contributed by atoms with Crippen LogP contribution in [0.3, 0.4) is 0 Å². The van der Waals surface area contributed by atoms with Crippen molar-refractivity contribution in [3.63, 3.8) is 0 Å². The summed E-state index contributed by atoms with van der Waals surface area (Å²) < 4.78 is 30.2. The van der Waals surface area contributed by atoms with Crippen LogP contribution >= 0.6 is 0 Å². The van der Waals surface area contributed by atoms with E-state index in [9.17, 15) is 18.0 Å². The van der Waals surface area contributed by atoms with Crippen molar-refractivity contribution in [2.75, 3.05) is 37.4 Å². The fourth-order valence-corrected chi connectivity index (χ4v) is 4.04. The Kier molecular flexibility index (Phi) is 6.11. The molecule has 148 valence electrons. The molecule has 0 radical (unpaired) electrons. The maximum Gasteiger partial charge on any atom is 0.256 e. The zero-order valence-corrected chi connectivity index (χ0v) is 16.4. The predicted octanol–water partition coefficient (Wildman–Crippen LogP) is 1.88. The topological polar surface area (TPSA) is 92.8 Å². The molecule has 2 amide bonds. The lowest BCUT2D eigenvalue weighted by atomic mass is 10.1. The highest BCUT2D eigenvalue weighted by Crippen LogP contribution is 2.19. The molecule has 7 nitrogen and oxygen atoms in total. The minimum absolute atomic E-state index is 0.0888. The highest BCUT2D eigenvalue weighted by Gasteiger charge is 2.23. The number of hydrogen-bond donors (Lipinski definition) is 1. The van der Waals surface area contributed by atoms with Crippen molar-refractivity contribution in [1.29, 1.82) is 0 Å². The normalized spacial score (nSPS) is 14.5. The lowest BCUT2D eigenvalue weighted by molar-refractivity contribution is -0.113. The van der Waals surface area contributed by atoms with Gasteiger partial charge in [0.15, 0.2) is 9.84 Å². The summed E-state index contributed by atoms with van der Waals surface area (Å²) in [6.07, 6.45) is 0. The van der Waals surface area contributed by atoms with Gasteiger partial charge in [0, 0.05) is 13.1 Å². The van der Waals surface area contributed by atoms with Crippen LogP contribution in [0.1, 0.15) is 15.9 Å². The maximum atomic E-state index is 12.7. The third-order valence-corrected chi connectivity index (χ3v) is 6.06. The summed E-state index contributed by atoms with van der Waals surface area (Å²) in [5, 5.41) is 2.57. The maximum absolute atomic E-state index is 12.7. The van der Waals surface area contributed by atoms with Crippen LogP contribution < -0.4 is 5.32 Å². The van der Waals surface area contributed by atoms with E-state index in [1.807, 2.05) is 6.92 Å². The van der Waals surface area contributed by atoms with Crippen LogP contribution in [-0.2, 0) is 19.4 Å². The highest BCUT2D eigenvalue weighted by molar-refractivity contribution is 7.92. The van der Waals surface area contributed by atoms with Crippen LogP contribution in [0.15, 0.2) is 53.4 Å². The van der Waals surface area contributed by atoms with E-state index in [4.69, 9.17) is 4.74 Å². The van der Waals surface area contributed by atoms with Crippen molar-refractivity contribution in [1.82, 2.24) is 4.90 Å². The van der Waals surface area contributed by atoms with E-state index in [2.05, 4.69) is 5.32 Å². The smallest absolute Gasteiger partial charge is 0.256 e. The summed E-state index contributed by atoms with van der Waals surface area (Å²) in [5.74, 6) is -1.61. The first-order valence-corrected chi connectivity index (χ1v) is 10.6. The van der Waals surface area contributed by atoms with Crippen LogP contribution in [0, 0.1) is 6.92 Å². The summed E-state index contributed by atoms with van der Waals surface area (Å²) in [4.78, 5) is 26.9. The van der Waals surface area contributed by atoms with Gasteiger partial charge in [-0.2, -0.15) is 0 Å². The number of anilines is 1. The molecular weight excluding hydrogens is 380 g/mol. The molecule has 1 heterocycles. The van der Waals surface area contributed by atoms with Gasteiger partial charge in [-0.1, -0.05) is 29.8 Å². The van der Waals surface area contributed by atoms with Gasteiger partial charge in [-0.15, -0.1) is 0 Å². The van der Waals surface area contributed by atoms with Gasteiger partial charge in [0.1, 0.15) is 5.75 Å². The van der Waals surface area contributed by atoms with Crippen LogP contribution in [-0.4, -0.2) is 57.2 Å². The molecule has 8 heteroatoms. The molecule has 1 N–H and O–H groups in total. The molecule has 2 aromatic rings. The Morgan fingerprint density at radius 2 is 1.68 bits per heavy atom. The molecule has 28 heavy (non-hydrogen) atoms. The summed E-state index contributed by atoms with van der Waals surface area (Å²) in [5.41, 5.74) is 1.55. The number of ether oxygens (including phenoxy) is 1. The number of benzene rings is 2. The quantitative estimate of drug-likeness (QED) is 0.824. The van der Waals surface area contributed by atoms with E-state index < -0.39 is 21.5 Å². The molecule has 1 saturated heterocycles. The second kappa shape index (κ2) is 8.53. The highest BCUT2D eigenvalue weighted by atomic mass is 32.2. The molecule has 3 rings (SSSR count). The fraction of sp³-hybridized carbons (Fsp3) is 0.300. The van der Waals surface area contributed by atoms with E-state index in [1.54, 1.807) is 41.3 Å². The second-order valence-electron chi connectivity index (χ2n) is 6.57. The minimum Gasteiger partial charge on any atom is -0.378 e. The fourth-order valence-electron chi connectivity index (χ4n) is 2.90. The number of nitrogens with zero attached hydrogens (tertiary/aromatic N) is 1. The van der Waals surface area contributed by atoms with Crippen molar-refractivity contribution in [3.05, 3.63) is 59.7 Å². The van der Waals surface area contributed by atoms with Crippen LogP contribution in [0.5, 0.6) is 0 Å². The second-order valence-corrected chi connectivity index (χ2v) is 8.56. The molecule has 0 unspecified atom stereocenters. The Bertz CT molecular complexity index is 964. The molecule has 0 aliphatic carbocycles. The van der Waals surface area contributed by atoms with E-state index in [0.29, 0.717) is 37.6 Å². The third-order valence-electron chi connectivity index (χ3n) is 4.43. The van der Waals surface area contributed by atoms with Gasteiger partial charge in [0.05, 0.1) is 29.4 Å². The standard InChI is InChI=1S/C20H22N2O5S/c1-15-6-8-16(9-7-15)28(25,26)14-19(23)21-18-5-3-2-4-17(18)20(24)22-10-12-27-13-11-22/h2-9H,10-14H2,1H3,(H,21,23). The molecule has 0 aromatic heterocycles. The van der Waals surface area contributed by atoms with Gasteiger partial charge in [-0.05, 0) is 31.2 Å². The monoisotopic (exact) mass is 402 g/mol. The Labute approximate surface area is 164 Å². The molecular formula is C20H22N2O5S. The third kappa shape index (κ3) is 4.76. The van der Waals surface area contributed by atoms with Crippen molar-refractivity contribution in [2.45, 2.75) is 11.8 Å². The predicted molar refractivity (Wildman–Crippen MR) is 105 cm³/mol. The summed E-state index contributed by atoms with van der Waals surface area (Å²) >= 11 is 0. The number of hydrogen-bond acceptors (Lipinski definition) is 5. The zero-order chi connectivity index (χ0) is 20.1. The van der Waals surface area contributed by atoms with Gasteiger partial charge < -0.3 is 15.0 Å². The first kappa shape index (κ1) is 20.0. The van der Waals surface area contributed by atoms with Crippen molar-refractivity contribution >= 4 is 27.3 Å². The van der Waals surface area contributed by atoms with Crippen LogP contribution in [0.2, 0.25) is 0 Å². The lowest BCUT2D eigenvalue weighted by Gasteiger charge is -2.27. The van der Waals surface area contributed by atoms with E-state index in [1.165, 1.54) is 12.1 Å². The van der Waals surface area contributed by atoms with Crippen molar-refractivity contribution < 1.29 is 22.7 Å². The average Bonchev–Trinajstić information content (AvgIpc) is 2.68. The molecule has 0 saturated carbocycles. The Hall–Kier alpha value is -2.71. The van der Waals surface area contributed by atoms with E-state index in [0.717, 1.165) is 5.56 Å². The lowest BCUT2D eigenvalue weighted by Crippen LogP contribution is -2.41. The number of sulfone groups is 1. The van der Waals surface area contributed by atoms with Crippen LogP contribution in [0.25, 0.3) is 0 Å². The van der Waals surface area contributed by atoms with Gasteiger partial charge in [-0.25, -0.2) is 8.42 Å². The molecule has 0 spiro atoms. The Morgan fingerprint density at radius 3 is 2.36 bits per heavy atom. The summed E-state index contributed by atoms with van der Waals surface area (Å²) in [6.45, 7) is 3.74. The first-order valence-electron chi connectivity index (χ1n) is 8.92. The van der Waals surface area contributed by atoms with Crippen LogP contribution in [0.4, 0.5) is 5.69 Å². The first-order chi connectivity index (χ1) is 13.4. The van der Waals surface area contributed by atoms with Crippen molar-refractivity contribution in [3.8, 4) is 0 Å². The number of amides is 2. The van der Waals surface area contributed by atoms with Gasteiger partial charge in [0.2, 0.25) is 5.91 Å². The average molecular weight is 402 g/mol. The summed E-state index contributed by atoms with van der Waals surface area (Å²) in [6, 6.07) is 12.9. The number of rotatable bonds is 5. The Balaban J connectivity index is 1.74. The number of carbonyl (C=O) groups is 2. The summed E-state index contributed by atoms with van der Waals surface area (Å²) in [7, 11) is -3.77. The van der Waals surface area contributed by atoms with E-state index in [-0.39, 0.29) is 10.8 Å². The van der Waals surface area contributed by atoms with Gasteiger partial charge >= 0.3 is 0 Å². The van der Waals surface area contributed by atoms with E-state index >= 15 is 0 Å². The number of nitrogens with one attached hydrogen (secondary N) is 1. The number of carbonyl (C=O) groups excluding carboxylic acids is 2. The number of morpholine rings is 1. The zero-order valence-electron chi connectivity index (χ0n) is 15.6. The molecule has 1 fully saturated rings. The molecule has 2 aromatic carbocycles. The Morgan fingerprint density at radius 1 is 1.04 bits per heavy atom. The minimum atomic E-state index is -3.77. The van der Waals surface area contributed by atoms with Crippen molar-refractivity contribution in [2.24, 2.45) is 0 Å². The van der Waals surface area contributed by atoms with Gasteiger partial charge in [0.25, 0.3) is 5.91 Å². The number of aryl methyl sites for hydroxylation is 1. The largest absolute Gasteiger partial charge is 0.378 e. The number of para-hydroxylation sites is 1. The van der Waals surface area contributed by atoms with Gasteiger partial charge in [-0.3, -0.25) is 9.59 Å². The molecule has 1 aliphatic rings. The molecule has 0 atom stereocenters.